The molecule has 4 aromatic rings. The van der Waals surface area contributed by atoms with E-state index in [0.717, 1.165) is 16.7 Å². The first-order valence-corrected chi connectivity index (χ1v) is 12.3. The number of H-pyrrole nitrogens is 1. The molecule has 5 rings (SSSR count). The van der Waals surface area contributed by atoms with E-state index in [0.29, 0.717) is 52.3 Å². The molecule has 0 saturated carbocycles. The first-order chi connectivity index (χ1) is 17.8. The molecule has 0 radical (unpaired) electrons. The number of nitrogens with one attached hydrogen (secondary N) is 1. The number of phenolic OH excluding ortho intramolecular Hbond substituents is 1. The molecule has 2 N–H and O–H groups in total. The third-order valence-corrected chi connectivity index (χ3v) is 6.54. The summed E-state index contributed by atoms with van der Waals surface area (Å²) in [6, 6.07) is 12.6. The summed E-state index contributed by atoms with van der Waals surface area (Å²) in [6.07, 6.45) is 1.59. The summed E-state index contributed by atoms with van der Waals surface area (Å²) in [6.45, 7) is 8.86. The van der Waals surface area contributed by atoms with Crippen molar-refractivity contribution in [3.63, 3.8) is 0 Å². The normalized spacial score (nSPS) is 14.9. The maximum Gasteiger partial charge on any atom is 0.273 e. The smallest absolute Gasteiger partial charge is 0.273 e. The van der Waals surface area contributed by atoms with E-state index >= 15 is 0 Å². The molecule has 3 heterocycles. The molecular formula is C29H31N3O5. The van der Waals surface area contributed by atoms with Gasteiger partial charge in [0.15, 0.2) is 11.5 Å². The van der Waals surface area contributed by atoms with Crippen molar-refractivity contribution in [2.24, 2.45) is 5.92 Å². The Morgan fingerprint density at radius 1 is 1.16 bits per heavy atom. The summed E-state index contributed by atoms with van der Waals surface area (Å²) in [5.74, 6) is 2.17. The Morgan fingerprint density at radius 3 is 2.65 bits per heavy atom. The molecule has 0 fully saturated rings. The molecule has 1 unspecified atom stereocenters. The minimum Gasteiger partial charge on any atom is -0.507 e. The summed E-state index contributed by atoms with van der Waals surface area (Å²) in [5, 5.41) is 18.4. The van der Waals surface area contributed by atoms with Crippen LogP contribution in [0.25, 0.3) is 11.3 Å². The highest BCUT2D eigenvalue weighted by Gasteiger charge is 2.43. The van der Waals surface area contributed by atoms with E-state index < -0.39 is 6.04 Å². The van der Waals surface area contributed by atoms with Crippen molar-refractivity contribution in [3.8, 4) is 28.5 Å². The number of methoxy groups -OCH3 is 1. The van der Waals surface area contributed by atoms with Gasteiger partial charge in [-0.15, -0.1) is 0 Å². The zero-order valence-corrected chi connectivity index (χ0v) is 21.7. The zero-order valence-electron chi connectivity index (χ0n) is 21.7. The Balaban J connectivity index is 1.66. The van der Waals surface area contributed by atoms with Crippen LogP contribution in [-0.4, -0.2) is 39.8 Å². The Kier molecular flexibility index (Phi) is 6.41. The number of rotatable bonds is 8. The molecule has 1 aliphatic heterocycles. The maximum absolute atomic E-state index is 13.7. The second-order valence-electron chi connectivity index (χ2n) is 9.87. The van der Waals surface area contributed by atoms with Gasteiger partial charge in [-0.2, -0.15) is 5.10 Å². The van der Waals surface area contributed by atoms with Crippen LogP contribution in [0.5, 0.6) is 17.2 Å². The van der Waals surface area contributed by atoms with Crippen molar-refractivity contribution < 1.29 is 23.8 Å². The summed E-state index contributed by atoms with van der Waals surface area (Å²) >= 11 is 0. The van der Waals surface area contributed by atoms with Gasteiger partial charge in [0.25, 0.3) is 5.91 Å². The fraction of sp³-hybridized carbons (Fsp3) is 0.310. The Labute approximate surface area is 215 Å². The quantitative estimate of drug-likeness (QED) is 0.317. The SMILES string of the molecule is COc1cc(C2c3c(-c4c(C)cc(C)cc4O)n[nH]c3C(=O)N2Cc2ccco2)ccc1OCC(C)C. The van der Waals surface area contributed by atoms with E-state index in [9.17, 15) is 9.90 Å². The van der Waals surface area contributed by atoms with Gasteiger partial charge in [0.05, 0.1) is 32.6 Å². The number of carbonyl (C=O) groups is 1. The molecule has 37 heavy (non-hydrogen) atoms. The standard InChI is InChI=1S/C29H31N3O5/c1-16(2)15-37-22-9-8-19(13-23(22)35-5)28-25-26(24-18(4)11-17(3)12-21(24)33)30-31-27(25)29(34)32(28)14-20-7-6-10-36-20/h6-13,16,28,33H,14-15H2,1-5H3,(H,30,31). The molecule has 1 aliphatic rings. The van der Waals surface area contributed by atoms with Gasteiger partial charge in [-0.1, -0.05) is 26.0 Å². The summed E-state index contributed by atoms with van der Waals surface area (Å²) in [5.41, 5.74) is 4.90. The number of aromatic amines is 1. The molecule has 2 aromatic carbocycles. The lowest BCUT2D eigenvalue weighted by Gasteiger charge is -2.26. The van der Waals surface area contributed by atoms with Crippen molar-refractivity contribution in [3.05, 3.63) is 82.4 Å². The predicted octanol–water partition coefficient (Wildman–Crippen LogP) is 5.78. The van der Waals surface area contributed by atoms with Crippen LogP contribution >= 0.6 is 0 Å². The average molecular weight is 502 g/mol. The molecule has 8 nitrogen and oxygen atoms in total. The van der Waals surface area contributed by atoms with Gasteiger partial charge in [0.2, 0.25) is 0 Å². The minimum atomic E-state index is -0.491. The summed E-state index contributed by atoms with van der Waals surface area (Å²) < 4.78 is 17.2. The number of aromatic nitrogens is 2. The highest BCUT2D eigenvalue weighted by Crippen LogP contribution is 2.47. The lowest BCUT2D eigenvalue weighted by molar-refractivity contribution is 0.0716. The zero-order chi connectivity index (χ0) is 26.3. The van der Waals surface area contributed by atoms with Crippen molar-refractivity contribution >= 4 is 5.91 Å². The van der Waals surface area contributed by atoms with Crippen molar-refractivity contribution in [1.82, 2.24) is 15.1 Å². The Morgan fingerprint density at radius 2 is 1.97 bits per heavy atom. The largest absolute Gasteiger partial charge is 0.507 e. The number of hydrogen-bond donors (Lipinski definition) is 2. The highest BCUT2D eigenvalue weighted by molar-refractivity contribution is 6.00. The molecular weight excluding hydrogens is 470 g/mol. The lowest BCUT2D eigenvalue weighted by atomic mass is 9.93. The molecule has 1 atom stereocenters. The van der Waals surface area contributed by atoms with Gasteiger partial charge in [-0.05, 0) is 66.8 Å². The van der Waals surface area contributed by atoms with E-state index in [1.54, 1.807) is 30.4 Å². The molecule has 192 valence electrons. The number of nitrogens with zero attached hydrogens (tertiary/aromatic N) is 2. The average Bonchev–Trinajstić information content (AvgIpc) is 3.57. The number of furan rings is 1. The Bertz CT molecular complexity index is 1420. The first kappa shape index (κ1) is 24.5. The fourth-order valence-corrected chi connectivity index (χ4v) is 4.95. The third kappa shape index (κ3) is 4.43. The molecule has 0 bridgehead atoms. The van der Waals surface area contributed by atoms with Crippen LogP contribution in [-0.2, 0) is 6.54 Å². The van der Waals surface area contributed by atoms with Gasteiger partial charge in [0, 0.05) is 11.1 Å². The first-order valence-electron chi connectivity index (χ1n) is 12.3. The van der Waals surface area contributed by atoms with Crippen LogP contribution in [0, 0.1) is 19.8 Å². The number of fused-ring (bicyclic) bond motifs is 1. The van der Waals surface area contributed by atoms with Crippen LogP contribution < -0.4 is 9.47 Å². The minimum absolute atomic E-state index is 0.123. The molecule has 1 amide bonds. The van der Waals surface area contributed by atoms with Crippen LogP contribution in [0.4, 0.5) is 0 Å². The van der Waals surface area contributed by atoms with Crippen molar-refractivity contribution in [1.29, 1.82) is 0 Å². The highest BCUT2D eigenvalue weighted by atomic mass is 16.5. The van der Waals surface area contributed by atoms with Gasteiger partial charge >= 0.3 is 0 Å². The molecule has 0 spiro atoms. The number of ether oxygens (including phenoxy) is 2. The number of phenols is 1. The second-order valence-corrected chi connectivity index (χ2v) is 9.87. The number of hydrogen-bond acceptors (Lipinski definition) is 6. The molecule has 0 aliphatic carbocycles. The number of aryl methyl sites for hydroxylation is 2. The van der Waals surface area contributed by atoms with Gasteiger partial charge in [-0.25, -0.2) is 0 Å². The van der Waals surface area contributed by atoms with E-state index in [4.69, 9.17) is 13.9 Å². The van der Waals surface area contributed by atoms with Crippen LogP contribution in [0.15, 0.2) is 53.1 Å². The van der Waals surface area contributed by atoms with Crippen LogP contribution in [0.3, 0.4) is 0 Å². The van der Waals surface area contributed by atoms with Crippen molar-refractivity contribution in [2.45, 2.75) is 40.3 Å². The molecule has 2 aromatic heterocycles. The maximum atomic E-state index is 13.7. The van der Waals surface area contributed by atoms with Gasteiger partial charge < -0.3 is 23.9 Å². The van der Waals surface area contributed by atoms with E-state index in [1.165, 1.54) is 0 Å². The molecule has 0 saturated heterocycles. The van der Waals surface area contributed by atoms with Gasteiger partial charge in [0.1, 0.15) is 22.9 Å². The fourth-order valence-electron chi connectivity index (χ4n) is 4.95. The molecule has 8 heteroatoms. The second kappa shape index (κ2) is 9.69. The number of benzene rings is 2. The lowest BCUT2D eigenvalue weighted by Crippen LogP contribution is -2.29. The van der Waals surface area contributed by atoms with E-state index in [-0.39, 0.29) is 18.2 Å². The third-order valence-electron chi connectivity index (χ3n) is 6.54. The predicted molar refractivity (Wildman–Crippen MR) is 139 cm³/mol. The van der Waals surface area contributed by atoms with E-state index in [1.807, 2.05) is 44.2 Å². The summed E-state index contributed by atoms with van der Waals surface area (Å²) in [7, 11) is 1.60. The number of carbonyl (C=O) groups excluding carboxylic acids is 1. The Hall–Kier alpha value is -4.20. The number of amides is 1. The topological polar surface area (TPSA) is 101 Å². The van der Waals surface area contributed by atoms with Crippen molar-refractivity contribution in [2.75, 3.05) is 13.7 Å². The van der Waals surface area contributed by atoms with Crippen LogP contribution in [0.1, 0.15) is 58.4 Å². The monoisotopic (exact) mass is 501 g/mol. The van der Waals surface area contributed by atoms with E-state index in [2.05, 4.69) is 24.0 Å². The van der Waals surface area contributed by atoms with Crippen LogP contribution in [0.2, 0.25) is 0 Å². The van der Waals surface area contributed by atoms with Gasteiger partial charge in [-0.3, -0.25) is 9.89 Å². The summed E-state index contributed by atoms with van der Waals surface area (Å²) in [4.78, 5) is 15.4. The number of aromatic hydroxyl groups is 1.